The number of nitrogen functional groups attached to an aromatic ring is 1. The maximum absolute atomic E-state index is 15.2. The lowest BCUT2D eigenvalue weighted by Crippen LogP contribution is -2.52. The van der Waals surface area contributed by atoms with Gasteiger partial charge in [0.25, 0.3) is 5.85 Å². The maximum Gasteiger partial charge on any atom is 0.490 e. The lowest BCUT2D eigenvalue weighted by atomic mass is 9.94. The highest BCUT2D eigenvalue weighted by molar-refractivity contribution is 7.71. The minimum Gasteiger partial charge on any atom is -0.384 e. The van der Waals surface area contributed by atoms with Crippen LogP contribution < -0.4 is 5.73 Å². The van der Waals surface area contributed by atoms with Crippen molar-refractivity contribution in [1.82, 2.24) is 9.55 Å². The van der Waals surface area contributed by atoms with E-state index in [4.69, 9.17) is 37.4 Å². The van der Waals surface area contributed by atoms with Crippen LogP contribution in [0.5, 0.6) is 0 Å². The second-order valence-electron chi connectivity index (χ2n) is 6.19. The van der Waals surface area contributed by atoms with Gasteiger partial charge in [-0.2, -0.15) is 8.62 Å². The molecule has 0 bridgehead atoms. The van der Waals surface area contributed by atoms with Crippen molar-refractivity contribution in [3.8, 4) is 0 Å². The van der Waals surface area contributed by atoms with E-state index >= 15 is 4.39 Å². The van der Waals surface area contributed by atoms with E-state index in [1.54, 1.807) is 0 Å². The molecule has 1 saturated heterocycles. The van der Waals surface area contributed by atoms with Crippen LogP contribution in [0.2, 0.25) is 0 Å². The molecule has 1 aromatic heterocycles. The summed E-state index contributed by atoms with van der Waals surface area (Å²) in [5.41, 5.74) is 2.37. The molecule has 2 heterocycles. The van der Waals surface area contributed by atoms with Gasteiger partial charge in [0.15, 0.2) is 17.9 Å². The van der Waals surface area contributed by atoms with Crippen LogP contribution in [0.4, 0.5) is 14.6 Å². The number of aromatic nitrogens is 2. The van der Waals surface area contributed by atoms with Crippen molar-refractivity contribution in [2.45, 2.75) is 23.8 Å². The number of hydrogen-bond donors (Lipinski definition) is 7. The minimum atomic E-state index is -5.91. The topological polar surface area (TPSA) is 253 Å². The molecular formula is C10H16F2N3O13P3S. The summed E-state index contributed by atoms with van der Waals surface area (Å²) in [6, 6.07) is 1.11. The number of aliphatic hydroxyl groups is 2. The number of nitrogens with zero attached hydrogens (tertiary/aromatic N) is 2. The summed E-state index contributed by atoms with van der Waals surface area (Å²) in [6.45, 7) is -3.65. The average molecular weight is 549 g/mol. The molecule has 16 nitrogen and oxygen atoms in total. The summed E-state index contributed by atoms with van der Waals surface area (Å²) in [5, 5.41) is 20.5. The van der Waals surface area contributed by atoms with Gasteiger partial charge in [-0.25, -0.2) is 27.5 Å². The van der Waals surface area contributed by atoms with Crippen molar-refractivity contribution in [3.05, 3.63) is 17.0 Å². The van der Waals surface area contributed by atoms with E-state index in [9.17, 15) is 33.2 Å². The number of alkyl halides is 2. The van der Waals surface area contributed by atoms with Crippen LogP contribution in [0.15, 0.2) is 12.3 Å². The molecule has 184 valence electrons. The predicted octanol–water partition coefficient (Wildman–Crippen LogP) is -0.206. The zero-order valence-electron chi connectivity index (χ0n) is 15.2. The summed E-state index contributed by atoms with van der Waals surface area (Å²) < 4.78 is 78.4. The Hall–Kier alpha value is -0.750. The van der Waals surface area contributed by atoms with Gasteiger partial charge in [0, 0.05) is 6.20 Å². The Morgan fingerprint density at radius 1 is 1.25 bits per heavy atom. The number of phosphoric acid groups is 3. The van der Waals surface area contributed by atoms with Gasteiger partial charge in [0.2, 0.25) is 4.77 Å². The number of anilines is 1. The molecule has 32 heavy (non-hydrogen) atoms. The molecule has 0 radical (unpaired) electrons. The zero-order chi connectivity index (χ0) is 24.8. The fourth-order valence-electron chi connectivity index (χ4n) is 2.49. The van der Waals surface area contributed by atoms with E-state index in [0.29, 0.717) is 4.57 Å². The van der Waals surface area contributed by atoms with Crippen molar-refractivity contribution >= 4 is 41.5 Å². The molecule has 22 heteroatoms. The molecule has 1 aliphatic rings. The summed E-state index contributed by atoms with van der Waals surface area (Å²) in [6.07, 6.45) is -3.88. The van der Waals surface area contributed by atoms with Crippen molar-refractivity contribution < 1.29 is 70.1 Å². The Bertz CT molecular complexity index is 1070. The third-order valence-electron chi connectivity index (χ3n) is 3.78. The molecule has 1 aliphatic heterocycles. The second-order valence-corrected chi connectivity index (χ2v) is 11.0. The van der Waals surface area contributed by atoms with Crippen molar-refractivity contribution in [1.29, 1.82) is 0 Å². The predicted molar refractivity (Wildman–Crippen MR) is 98.2 cm³/mol. The van der Waals surface area contributed by atoms with Gasteiger partial charge in [0.1, 0.15) is 19.1 Å². The highest BCUT2D eigenvalue weighted by Gasteiger charge is 2.66. The molecule has 0 saturated carbocycles. The molecule has 0 aliphatic carbocycles. The van der Waals surface area contributed by atoms with Gasteiger partial charge >= 0.3 is 23.5 Å². The molecule has 3 unspecified atom stereocenters. The number of ether oxygens (including phenoxy) is 1. The molecule has 0 aromatic carbocycles. The number of hydrogen-bond acceptors (Lipinski definition) is 12. The Balaban J connectivity index is 2.26. The number of rotatable bonds is 9. The summed E-state index contributed by atoms with van der Waals surface area (Å²) in [5.74, 6) is -3.75. The van der Waals surface area contributed by atoms with Crippen LogP contribution in [-0.2, 0) is 31.6 Å². The molecule has 8 N–H and O–H groups in total. The SMILES string of the molecule is Nc1ccn([C@@H]2O[C@](F)(COP(=O)(O)OP(=O)(O)OP(=O)(O)O)C(O)[C@]2(O)CF)c(=S)n1. The minimum absolute atomic E-state index is 0.104. The van der Waals surface area contributed by atoms with E-state index < -0.39 is 65.3 Å². The first kappa shape index (κ1) is 27.5. The quantitative estimate of drug-likeness (QED) is 0.155. The van der Waals surface area contributed by atoms with Crippen LogP contribution in [0.3, 0.4) is 0 Å². The van der Waals surface area contributed by atoms with Gasteiger partial charge in [0.05, 0.1) is 0 Å². The van der Waals surface area contributed by atoms with Gasteiger partial charge in [-0.15, -0.1) is 0 Å². The van der Waals surface area contributed by atoms with Gasteiger partial charge in [-0.1, -0.05) is 0 Å². The van der Waals surface area contributed by atoms with Crippen LogP contribution in [-0.4, -0.2) is 70.2 Å². The Labute approximate surface area is 181 Å². The Morgan fingerprint density at radius 2 is 1.84 bits per heavy atom. The molecule has 1 aromatic rings. The Morgan fingerprint density at radius 3 is 2.34 bits per heavy atom. The molecule has 0 spiro atoms. The fourth-order valence-corrected chi connectivity index (χ4v) is 5.78. The van der Waals surface area contributed by atoms with E-state index in [0.717, 1.165) is 12.3 Å². The number of nitrogens with two attached hydrogens (primary N) is 1. The monoisotopic (exact) mass is 549 g/mol. The van der Waals surface area contributed by atoms with Crippen LogP contribution >= 0.6 is 35.7 Å². The molecular weight excluding hydrogens is 533 g/mol. The van der Waals surface area contributed by atoms with E-state index in [2.05, 4.69) is 18.1 Å². The van der Waals surface area contributed by atoms with Gasteiger partial charge < -0.3 is 40.3 Å². The second kappa shape index (κ2) is 9.13. The fraction of sp³-hybridized carbons (Fsp3) is 0.600. The zero-order valence-corrected chi connectivity index (χ0v) is 18.7. The van der Waals surface area contributed by atoms with Gasteiger partial charge in [-0.05, 0) is 18.3 Å². The maximum atomic E-state index is 15.2. The van der Waals surface area contributed by atoms with Crippen molar-refractivity contribution in [2.24, 2.45) is 0 Å². The van der Waals surface area contributed by atoms with E-state index in [1.165, 1.54) is 0 Å². The standard InChI is InChI=1S/C10H16F2N3O13P3S/c11-3-9(17)6(16)10(12,26-7(9)15-2-1-5(13)14-8(15)32)4-25-30(21,22)28-31(23,24)27-29(18,19)20/h1-2,6-7,16-17H,3-4H2,(H,21,22)(H,23,24)(H2,13,14,32)(H2,18,19,20)/t6?,7-,9-,10-/m1/s1. The van der Waals surface area contributed by atoms with E-state index in [1.807, 2.05) is 0 Å². The third-order valence-corrected chi connectivity index (χ3v) is 7.86. The third kappa shape index (κ3) is 6.22. The van der Waals surface area contributed by atoms with Crippen LogP contribution in [0.1, 0.15) is 6.23 Å². The molecule has 1 fully saturated rings. The van der Waals surface area contributed by atoms with E-state index in [-0.39, 0.29) is 5.82 Å². The first-order valence-corrected chi connectivity index (χ1v) is 12.7. The largest absolute Gasteiger partial charge is 0.490 e. The lowest BCUT2D eigenvalue weighted by molar-refractivity contribution is -0.204. The van der Waals surface area contributed by atoms with Crippen molar-refractivity contribution in [2.75, 3.05) is 19.0 Å². The molecule has 2 rings (SSSR count). The normalized spacial score (nSPS) is 32.4. The Kier molecular flexibility index (Phi) is 7.84. The van der Waals surface area contributed by atoms with Crippen molar-refractivity contribution in [3.63, 3.8) is 0 Å². The first-order valence-electron chi connectivity index (χ1n) is 7.80. The van der Waals surface area contributed by atoms with Crippen LogP contribution in [0, 0.1) is 4.77 Å². The highest BCUT2D eigenvalue weighted by Crippen LogP contribution is 2.66. The summed E-state index contributed by atoms with van der Waals surface area (Å²) in [7, 11) is -17.4. The number of phosphoric ester groups is 1. The summed E-state index contributed by atoms with van der Waals surface area (Å²) in [4.78, 5) is 39.0. The summed E-state index contributed by atoms with van der Waals surface area (Å²) >= 11 is 4.85. The van der Waals surface area contributed by atoms with Crippen LogP contribution in [0.25, 0.3) is 0 Å². The smallest absolute Gasteiger partial charge is 0.384 e. The molecule has 6 atom stereocenters. The first-order chi connectivity index (χ1) is 14.3. The van der Waals surface area contributed by atoms with Gasteiger partial charge in [-0.3, -0.25) is 9.09 Å². The number of halogens is 2. The average Bonchev–Trinajstić information content (AvgIpc) is 2.80. The molecule has 0 amide bonds. The highest BCUT2D eigenvalue weighted by atomic mass is 32.1. The number of aliphatic hydroxyl groups excluding tert-OH is 1. The lowest BCUT2D eigenvalue weighted by Gasteiger charge is -2.29.